The molecule has 0 radical (unpaired) electrons. The largest absolute Gasteiger partial charge is 0.493 e. The molecular formula is C15H22O3. The molecule has 0 N–H and O–H groups in total. The molecule has 0 spiro atoms. The molecule has 1 aromatic rings. The zero-order valence-corrected chi connectivity index (χ0v) is 11.2. The van der Waals surface area contributed by atoms with Crippen LogP contribution in [0.2, 0.25) is 0 Å². The summed E-state index contributed by atoms with van der Waals surface area (Å²) in [5, 5.41) is 0. The van der Waals surface area contributed by atoms with Gasteiger partial charge >= 0.3 is 0 Å². The van der Waals surface area contributed by atoms with Gasteiger partial charge in [-0.25, -0.2) is 0 Å². The summed E-state index contributed by atoms with van der Waals surface area (Å²) in [5.41, 5.74) is 1.25. The van der Waals surface area contributed by atoms with E-state index in [0.717, 1.165) is 31.8 Å². The van der Waals surface area contributed by atoms with Crippen molar-refractivity contribution in [3.05, 3.63) is 29.8 Å². The number of para-hydroxylation sites is 1. The van der Waals surface area contributed by atoms with Crippen LogP contribution in [0.1, 0.15) is 38.2 Å². The van der Waals surface area contributed by atoms with Gasteiger partial charge < -0.3 is 14.2 Å². The van der Waals surface area contributed by atoms with Crippen molar-refractivity contribution in [2.24, 2.45) is 0 Å². The van der Waals surface area contributed by atoms with E-state index < -0.39 is 0 Å². The lowest BCUT2D eigenvalue weighted by Gasteiger charge is -2.23. The second-order valence-corrected chi connectivity index (χ2v) is 4.85. The first-order valence-electron chi connectivity index (χ1n) is 6.72. The standard InChI is InChI=1S/C15H22O3/c1-12(2)13-6-3-4-7-14(13)16-11-8-15-17-9-5-10-18-15/h3-4,6-7,12,15H,5,8-11H2,1-2H3. The fraction of sp³-hybridized carbons (Fsp3) is 0.600. The summed E-state index contributed by atoms with van der Waals surface area (Å²) in [6.07, 6.45) is 1.69. The van der Waals surface area contributed by atoms with Crippen LogP contribution in [0.25, 0.3) is 0 Å². The molecule has 18 heavy (non-hydrogen) atoms. The van der Waals surface area contributed by atoms with Crippen LogP contribution < -0.4 is 4.74 Å². The molecule has 3 nitrogen and oxygen atoms in total. The maximum absolute atomic E-state index is 5.84. The van der Waals surface area contributed by atoms with Gasteiger partial charge in [0.2, 0.25) is 0 Å². The number of ether oxygens (including phenoxy) is 3. The molecule has 1 aromatic carbocycles. The van der Waals surface area contributed by atoms with Crippen molar-refractivity contribution in [1.29, 1.82) is 0 Å². The normalized spacial score (nSPS) is 17.1. The number of hydrogen-bond donors (Lipinski definition) is 0. The van der Waals surface area contributed by atoms with E-state index in [0.29, 0.717) is 12.5 Å². The highest BCUT2D eigenvalue weighted by Gasteiger charge is 2.14. The van der Waals surface area contributed by atoms with Gasteiger partial charge in [-0.3, -0.25) is 0 Å². The Morgan fingerprint density at radius 2 is 1.94 bits per heavy atom. The van der Waals surface area contributed by atoms with Crippen molar-refractivity contribution >= 4 is 0 Å². The second-order valence-electron chi connectivity index (χ2n) is 4.85. The van der Waals surface area contributed by atoms with Crippen molar-refractivity contribution in [2.75, 3.05) is 19.8 Å². The third-order valence-corrected chi connectivity index (χ3v) is 3.05. The van der Waals surface area contributed by atoms with E-state index in [4.69, 9.17) is 14.2 Å². The monoisotopic (exact) mass is 250 g/mol. The molecule has 1 fully saturated rings. The van der Waals surface area contributed by atoms with Gasteiger partial charge in [-0.15, -0.1) is 0 Å². The summed E-state index contributed by atoms with van der Waals surface area (Å²) in [6, 6.07) is 8.20. The minimum atomic E-state index is -0.0926. The Hall–Kier alpha value is -1.06. The maximum Gasteiger partial charge on any atom is 0.160 e. The van der Waals surface area contributed by atoms with E-state index >= 15 is 0 Å². The highest BCUT2D eigenvalue weighted by atomic mass is 16.7. The Morgan fingerprint density at radius 1 is 1.22 bits per heavy atom. The molecule has 0 atom stereocenters. The average Bonchev–Trinajstić information content (AvgIpc) is 2.40. The van der Waals surface area contributed by atoms with Crippen molar-refractivity contribution in [3.63, 3.8) is 0 Å². The third-order valence-electron chi connectivity index (χ3n) is 3.05. The molecule has 3 heteroatoms. The van der Waals surface area contributed by atoms with Crippen LogP contribution in [0, 0.1) is 0 Å². The summed E-state index contributed by atoms with van der Waals surface area (Å²) < 4.78 is 16.8. The molecule has 1 heterocycles. The van der Waals surface area contributed by atoms with Gasteiger partial charge in [0, 0.05) is 6.42 Å². The van der Waals surface area contributed by atoms with Crippen molar-refractivity contribution in [2.45, 2.75) is 38.9 Å². The van der Waals surface area contributed by atoms with Gasteiger partial charge in [0.1, 0.15) is 5.75 Å². The van der Waals surface area contributed by atoms with E-state index in [2.05, 4.69) is 26.0 Å². The Kier molecular flexibility index (Phi) is 5.02. The molecular weight excluding hydrogens is 228 g/mol. The van der Waals surface area contributed by atoms with E-state index in [1.165, 1.54) is 5.56 Å². The van der Waals surface area contributed by atoms with Gasteiger partial charge in [-0.1, -0.05) is 32.0 Å². The zero-order chi connectivity index (χ0) is 12.8. The predicted octanol–water partition coefficient (Wildman–Crippen LogP) is 3.34. The van der Waals surface area contributed by atoms with Crippen LogP contribution in [-0.2, 0) is 9.47 Å². The van der Waals surface area contributed by atoms with E-state index in [1.54, 1.807) is 0 Å². The minimum Gasteiger partial charge on any atom is -0.493 e. The predicted molar refractivity (Wildman–Crippen MR) is 71.0 cm³/mol. The van der Waals surface area contributed by atoms with Crippen LogP contribution in [0.3, 0.4) is 0 Å². The number of benzene rings is 1. The van der Waals surface area contributed by atoms with Gasteiger partial charge in [0.05, 0.1) is 19.8 Å². The highest BCUT2D eigenvalue weighted by molar-refractivity contribution is 5.35. The van der Waals surface area contributed by atoms with Crippen LogP contribution in [-0.4, -0.2) is 26.1 Å². The number of hydrogen-bond acceptors (Lipinski definition) is 3. The van der Waals surface area contributed by atoms with Gasteiger partial charge in [0.15, 0.2) is 6.29 Å². The highest BCUT2D eigenvalue weighted by Crippen LogP contribution is 2.26. The quantitative estimate of drug-likeness (QED) is 0.802. The fourth-order valence-corrected chi connectivity index (χ4v) is 2.06. The average molecular weight is 250 g/mol. The van der Waals surface area contributed by atoms with E-state index in [1.807, 2.05) is 12.1 Å². The first-order valence-corrected chi connectivity index (χ1v) is 6.72. The lowest BCUT2D eigenvalue weighted by atomic mass is 10.0. The summed E-state index contributed by atoms with van der Waals surface area (Å²) in [7, 11) is 0. The lowest BCUT2D eigenvalue weighted by molar-refractivity contribution is -0.183. The SMILES string of the molecule is CC(C)c1ccccc1OCCC1OCCCO1. The molecule has 100 valence electrons. The Morgan fingerprint density at radius 3 is 2.67 bits per heavy atom. The third kappa shape index (κ3) is 3.72. The molecule has 0 bridgehead atoms. The molecule has 0 aliphatic carbocycles. The summed E-state index contributed by atoms with van der Waals surface area (Å²) in [4.78, 5) is 0. The van der Waals surface area contributed by atoms with Crippen molar-refractivity contribution < 1.29 is 14.2 Å². The zero-order valence-electron chi connectivity index (χ0n) is 11.2. The van der Waals surface area contributed by atoms with Crippen molar-refractivity contribution in [1.82, 2.24) is 0 Å². The summed E-state index contributed by atoms with van der Waals surface area (Å²) >= 11 is 0. The maximum atomic E-state index is 5.84. The molecule has 0 unspecified atom stereocenters. The Labute approximate surface area is 109 Å². The summed E-state index contributed by atoms with van der Waals surface area (Å²) in [6.45, 7) is 6.58. The molecule has 1 aliphatic rings. The van der Waals surface area contributed by atoms with Crippen LogP contribution >= 0.6 is 0 Å². The van der Waals surface area contributed by atoms with Crippen LogP contribution in [0.4, 0.5) is 0 Å². The fourth-order valence-electron chi connectivity index (χ4n) is 2.06. The van der Waals surface area contributed by atoms with Crippen molar-refractivity contribution in [3.8, 4) is 5.75 Å². The number of rotatable bonds is 5. The topological polar surface area (TPSA) is 27.7 Å². The van der Waals surface area contributed by atoms with E-state index in [-0.39, 0.29) is 6.29 Å². The molecule has 2 rings (SSSR count). The van der Waals surface area contributed by atoms with Gasteiger partial charge in [0.25, 0.3) is 0 Å². The Bertz CT molecular complexity index is 357. The molecule has 0 saturated carbocycles. The van der Waals surface area contributed by atoms with Gasteiger partial charge in [-0.05, 0) is 24.0 Å². The van der Waals surface area contributed by atoms with Crippen LogP contribution in [0.5, 0.6) is 5.75 Å². The Balaban J connectivity index is 1.82. The minimum absolute atomic E-state index is 0.0926. The first kappa shape index (κ1) is 13.4. The smallest absolute Gasteiger partial charge is 0.160 e. The summed E-state index contributed by atoms with van der Waals surface area (Å²) in [5.74, 6) is 1.45. The first-order chi connectivity index (χ1) is 8.77. The van der Waals surface area contributed by atoms with Gasteiger partial charge in [-0.2, -0.15) is 0 Å². The molecule has 0 amide bonds. The van der Waals surface area contributed by atoms with E-state index in [9.17, 15) is 0 Å². The lowest BCUT2D eigenvalue weighted by Crippen LogP contribution is -2.26. The molecule has 0 aromatic heterocycles. The molecule has 1 saturated heterocycles. The molecule has 1 aliphatic heterocycles. The van der Waals surface area contributed by atoms with Crippen LogP contribution in [0.15, 0.2) is 24.3 Å². The second kappa shape index (κ2) is 6.76.